The quantitative estimate of drug-likeness (QED) is 0.800. The maximum atomic E-state index is 13.3. The minimum absolute atomic E-state index is 0.0419. The molecule has 0 spiro atoms. The van der Waals surface area contributed by atoms with Gasteiger partial charge in [-0.25, -0.2) is 0 Å². The van der Waals surface area contributed by atoms with Gasteiger partial charge in [0.25, 0.3) is 5.91 Å². The molecule has 142 valence electrons. The second-order valence-corrected chi connectivity index (χ2v) is 8.30. The van der Waals surface area contributed by atoms with Gasteiger partial charge >= 0.3 is 0 Å². The first-order valence-electron chi connectivity index (χ1n) is 9.52. The topological polar surface area (TPSA) is 40.6 Å². The van der Waals surface area contributed by atoms with E-state index in [-0.39, 0.29) is 17.2 Å². The lowest BCUT2D eigenvalue weighted by Gasteiger charge is -2.28. The van der Waals surface area contributed by atoms with E-state index in [1.165, 1.54) is 5.56 Å². The fourth-order valence-electron chi connectivity index (χ4n) is 3.28. The number of carbonyl (C=O) groups is 2. The average molecular weight is 364 g/mol. The maximum Gasteiger partial charge on any atom is 0.259 e. The van der Waals surface area contributed by atoms with Gasteiger partial charge in [0.2, 0.25) is 5.91 Å². The minimum atomic E-state index is -0.0842. The molecule has 0 radical (unpaired) electrons. The summed E-state index contributed by atoms with van der Waals surface area (Å²) in [5.74, 6) is 0.0296. The highest BCUT2D eigenvalue weighted by Gasteiger charge is 2.26. The van der Waals surface area contributed by atoms with Crippen LogP contribution in [-0.2, 0) is 10.2 Å². The zero-order valence-corrected chi connectivity index (χ0v) is 16.7. The number of carbonyl (C=O) groups excluding carboxylic acids is 2. The lowest BCUT2D eigenvalue weighted by molar-refractivity contribution is -0.127. The Kier molecular flexibility index (Phi) is 5.36. The third-order valence-corrected chi connectivity index (χ3v) is 5.07. The second-order valence-electron chi connectivity index (χ2n) is 8.30. The van der Waals surface area contributed by atoms with Crippen molar-refractivity contribution in [3.63, 3.8) is 0 Å². The Labute approximate surface area is 161 Å². The Hall–Kier alpha value is -2.62. The number of amides is 2. The van der Waals surface area contributed by atoms with E-state index < -0.39 is 0 Å². The Balaban J connectivity index is 1.90. The van der Waals surface area contributed by atoms with E-state index in [9.17, 15) is 9.59 Å². The summed E-state index contributed by atoms with van der Waals surface area (Å²) in [5, 5.41) is 0. The lowest BCUT2D eigenvalue weighted by Crippen LogP contribution is -2.42. The van der Waals surface area contributed by atoms with E-state index in [1.54, 1.807) is 9.80 Å². The molecule has 0 aromatic heterocycles. The van der Waals surface area contributed by atoms with Gasteiger partial charge in [-0.15, -0.1) is 0 Å². The predicted octanol–water partition coefficient (Wildman–Crippen LogP) is 4.52. The molecule has 1 heterocycles. The first-order chi connectivity index (χ1) is 12.8. The zero-order valence-electron chi connectivity index (χ0n) is 16.7. The van der Waals surface area contributed by atoms with Crippen LogP contribution in [0, 0.1) is 6.92 Å². The highest BCUT2D eigenvalue weighted by molar-refractivity contribution is 6.06. The number of likely N-dealkylation sites (tertiary alicyclic amines) is 1. The summed E-state index contributed by atoms with van der Waals surface area (Å²) >= 11 is 0. The van der Waals surface area contributed by atoms with Crippen LogP contribution >= 0.6 is 0 Å². The Morgan fingerprint density at radius 1 is 1.04 bits per heavy atom. The number of aryl methyl sites for hydroxylation is 1. The van der Waals surface area contributed by atoms with Gasteiger partial charge < -0.3 is 4.90 Å². The highest BCUT2D eigenvalue weighted by atomic mass is 16.2. The van der Waals surface area contributed by atoms with Gasteiger partial charge in [-0.05, 0) is 48.6 Å². The summed E-state index contributed by atoms with van der Waals surface area (Å²) in [4.78, 5) is 28.8. The molecule has 4 heteroatoms. The molecule has 3 rings (SSSR count). The van der Waals surface area contributed by atoms with E-state index in [4.69, 9.17) is 0 Å². The molecule has 4 nitrogen and oxygen atoms in total. The van der Waals surface area contributed by atoms with Gasteiger partial charge in [0.15, 0.2) is 0 Å². The summed E-state index contributed by atoms with van der Waals surface area (Å²) in [6.07, 6.45) is 1.42. The standard InChI is InChI=1S/C23H28N2O2/c1-17-7-13-20(14-8-17)25(16-24-15-5-6-21(24)26)22(27)18-9-11-19(12-10-18)23(2,3)4/h7-14H,5-6,15-16H2,1-4H3. The van der Waals surface area contributed by atoms with Crippen LogP contribution in [-0.4, -0.2) is 29.9 Å². The van der Waals surface area contributed by atoms with Crippen molar-refractivity contribution < 1.29 is 9.59 Å². The molecule has 1 fully saturated rings. The van der Waals surface area contributed by atoms with E-state index >= 15 is 0 Å². The fourth-order valence-corrected chi connectivity index (χ4v) is 3.28. The third-order valence-electron chi connectivity index (χ3n) is 5.07. The molecule has 1 aliphatic rings. The molecule has 2 aromatic carbocycles. The van der Waals surface area contributed by atoms with E-state index in [1.807, 2.05) is 55.5 Å². The minimum Gasteiger partial charge on any atom is -0.324 e. The summed E-state index contributed by atoms with van der Waals surface area (Å²) in [6.45, 7) is 9.48. The molecule has 2 aromatic rings. The molecule has 0 aliphatic carbocycles. The molecular formula is C23H28N2O2. The number of rotatable bonds is 4. The predicted molar refractivity (Wildman–Crippen MR) is 109 cm³/mol. The smallest absolute Gasteiger partial charge is 0.259 e. The Morgan fingerprint density at radius 3 is 2.19 bits per heavy atom. The monoisotopic (exact) mass is 364 g/mol. The van der Waals surface area contributed by atoms with Crippen LogP contribution in [0.2, 0.25) is 0 Å². The van der Waals surface area contributed by atoms with Crippen molar-refractivity contribution >= 4 is 17.5 Å². The molecule has 1 saturated heterocycles. The second kappa shape index (κ2) is 7.55. The van der Waals surface area contributed by atoms with Crippen molar-refractivity contribution in [2.75, 3.05) is 18.1 Å². The van der Waals surface area contributed by atoms with Crippen LogP contribution in [0.1, 0.15) is 55.1 Å². The van der Waals surface area contributed by atoms with Crippen LogP contribution in [0.3, 0.4) is 0 Å². The Morgan fingerprint density at radius 2 is 1.67 bits per heavy atom. The highest BCUT2D eigenvalue weighted by Crippen LogP contribution is 2.24. The Bertz CT molecular complexity index is 817. The molecular weight excluding hydrogens is 336 g/mol. The number of hydrogen-bond acceptors (Lipinski definition) is 2. The van der Waals surface area contributed by atoms with Crippen LogP contribution in [0.5, 0.6) is 0 Å². The fraction of sp³-hybridized carbons (Fsp3) is 0.391. The molecule has 0 N–H and O–H groups in total. The summed E-state index contributed by atoms with van der Waals surface area (Å²) in [6, 6.07) is 15.7. The zero-order chi connectivity index (χ0) is 19.6. The summed E-state index contributed by atoms with van der Waals surface area (Å²) in [7, 11) is 0. The number of nitrogens with zero attached hydrogens (tertiary/aromatic N) is 2. The first-order valence-corrected chi connectivity index (χ1v) is 9.52. The lowest BCUT2D eigenvalue weighted by atomic mass is 9.86. The molecule has 0 unspecified atom stereocenters. The number of benzene rings is 2. The molecule has 0 bridgehead atoms. The van der Waals surface area contributed by atoms with Gasteiger partial charge in [-0.3, -0.25) is 14.5 Å². The van der Waals surface area contributed by atoms with Crippen LogP contribution in [0.4, 0.5) is 5.69 Å². The van der Waals surface area contributed by atoms with Gasteiger partial charge in [-0.2, -0.15) is 0 Å². The van der Waals surface area contributed by atoms with Crippen molar-refractivity contribution in [2.45, 2.75) is 46.0 Å². The van der Waals surface area contributed by atoms with Crippen LogP contribution in [0.25, 0.3) is 0 Å². The molecule has 0 atom stereocenters. The number of anilines is 1. The van der Waals surface area contributed by atoms with Gasteiger partial charge in [0.1, 0.15) is 6.67 Å². The summed E-state index contributed by atoms with van der Waals surface area (Å²) < 4.78 is 0. The summed E-state index contributed by atoms with van der Waals surface area (Å²) in [5.41, 5.74) is 3.81. The van der Waals surface area contributed by atoms with Crippen molar-refractivity contribution in [1.82, 2.24) is 4.90 Å². The van der Waals surface area contributed by atoms with Crippen LogP contribution in [0.15, 0.2) is 48.5 Å². The average Bonchev–Trinajstić information content (AvgIpc) is 3.04. The largest absolute Gasteiger partial charge is 0.324 e. The normalized spacial score (nSPS) is 14.5. The van der Waals surface area contributed by atoms with Crippen LogP contribution < -0.4 is 4.90 Å². The van der Waals surface area contributed by atoms with Gasteiger partial charge in [0.05, 0.1) is 0 Å². The van der Waals surface area contributed by atoms with Crippen molar-refractivity contribution in [1.29, 1.82) is 0 Å². The SMILES string of the molecule is Cc1ccc(N(CN2CCCC2=O)C(=O)c2ccc(C(C)(C)C)cc2)cc1. The van der Waals surface area contributed by atoms with E-state index in [0.717, 1.165) is 17.7 Å². The van der Waals surface area contributed by atoms with Crippen molar-refractivity contribution in [2.24, 2.45) is 0 Å². The molecule has 2 amide bonds. The van der Waals surface area contributed by atoms with Crippen molar-refractivity contribution in [3.05, 3.63) is 65.2 Å². The van der Waals surface area contributed by atoms with Gasteiger partial charge in [0, 0.05) is 24.2 Å². The first kappa shape index (κ1) is 19.2. The third kappa shape index (κ3) is 4.38. The maximum absolute atomic E-state index is 13.3. The van der Waals surface area contributed by atoms with E-state index in [0.29, 0.717) is 25.2 Å². The molecule has 0 saturated carbocycles. The molecule has 1 aliphatic heterocycles. The molecule has 27 heavy (non-hydrogen) atoms. The van der Waals surface area contributed by atoms with Crippen molar-refractivity contribution in [3.8, 4) is 0 Å². The number of hydrogen-bond donors (Lipinski definition) is 0. The van der Waals surface area contributed by atoms with Gasteiger partial charge in [-0.1, -0.05) is 50.6 Å². The van der Waals surface area contributed by atoms with E-state index in [2.05, 4.69) is 20.8 Å².